The number of amides is 4. The van der Waals surface area contributed by atoms with Crippen LogP contribution in [0.2, 0.25) is 0 Å². The maximum absolute atomic E-state index is 14.2. The highest BCUT2D eigenvalue weighted by Gasteiger charge is 2.48. The predicted octanol–water partition coefficient (Wildman–Crippen LogP) is 8.13. The van der Waals surface area contributed by atoms with Crippen LogP contribution >= 0.6 is 0 Å². The van der Waals surface area contributed by atoms with E-state index < -0.39 is 29.4 Å². The number of carbonyl (C=O) groups excluding carboxylic acids is 4. The topological polar surface area (TPSA) is 189 Å². The van der Waals surface area contributed by atoms with Crippen molar-refractivity contribution in [3.8, 4) is 33.6 Å². The first-order valence-electron chi connectivity index (χ1n) is 20.8. The van der Waals surface area contributed by atoms with Crippen LogP contribution in [0.25, 0.3) is 33.6 Å². The number of primary amides is 1. The van der Waals surface area contributed by atoms with Gasteiger partial charge in [0, 0.05) is 18.7 Å². The van der Waals surface area contributed by atoms with E-state index in [2.05, 4.69) is 56.7 Å². The molecule has 4 amide bonds. The second-order valence-corrected chi connectivity index (χ2v) is 17.0. The number of hydrogen-bond donors (Lipinski definition) is 4. The first-order valence-corrected chi connectivity index (χ1v) is 20.8. The Hall–Kier alpha value is -6.44. The van der Waals surface area contributed by atoms with Crippen LogP contribution in [0, 0.1) is 0 Å². The lowest BCUT2D eigenvalue weighted by atomic mass is 9.95. The van der Waals surface area contributed by atoms with Gasteiger partial charge in [-0.15, -0.1) is 0 Å². The van der Waals surface area contributed by atoms with E-state index in [0.717, 1.165) is 78.0 Å². The molecule has 5 N–H and O–H groups in total. The van der Waals surface area contributed by atoms with Crippen LogP contribution in [0.3, 0.4) is 0 Å². The molecule has 2 saturated heterocycles. The summed E-state index contributed by atoms with van der Waals surface area (Å²) in [7, 11) is 0. The third-order valence-electron chi connectivity index (χ3n) is 11.8. The summed E-state index contributed by atoms with van der Waals surface area (Å²) in [5, 5.41) is 2.97. The third kappa shape index (κ3) is 8.50. The van der Waals surface area contributed by atoms with Gasteiger partial charge in [0.15, 0.2) is 0 Å². The third-order valence-corrected chi connectivity index (χ3v) is 11.8. The molecule has 14 heteroatoms. The number of hydrogen-bond acceptors (Lipinski definition) is 8. The Bertz CT molecular complexity index is 2330. The number of benzene rings is 3. The molecule has 312 valence electrons. The molecule has 0 bridgehead atoms. The summed E-state index contributed by atoms with van der Waals surface area (Å²) in [6.07, 6.45) is 6.98. The van der Waals surface area contributed by atoms with Gasteiger partial charge in [-0.3, -0.25) is 9.59 Å². The van der Waals surface area contributed by atoms with Gasteiger partial charge in [-0.05, 0) is 81.5 Å². The lowest BCUT2D eigenvalue weighted by molar-refractivity contribution is -0.141. The van der Waals surface area contributed by atoms with Crippen LogP contribution in [0.4, 0.5) is 9.59 Å². The van der Waals surface area contributed by atoms with Crippen LogP contribution in [0.5, 0.6) is 0 Å². The molecule has 3 aromatic carbocycles. The van der Waals surface area contributed by atoms with Gasteiger partial charge < -0.3 is 40.3 Å². The van der Waals surface area contributed by atoms with E-state index in [0.29, 0.717) is 37.3 Å². The van der Waals surface area contributed by atoms with Crippen molar-refractivity contribution in [2.45, 2.75) is 101 Å². The number of nitrogens with zero attached hydrogens (tertiary/aromatic N) is 4. The number of ether oxygens (including phenoxy) is 2. The number of nitrogens with one attached hydrogen (secondary N) is 3. The fraction of sp³-hybridized carbons (Fsp3) is 0.391. The minimum Gasteiger partial charge on any atom is -0.444 e. The van der Waals surface area contributed by atoms with Crippen molar-refractivity contribution in [3.05, 3.63) is 108 Å². The number of imidazole rings is 2. The quantitative estimate of drug-likeness (QED) is 0.109. The second kappa shape index (κ2) is 16.7. The second-order valence-electron chi connectivity index (χ2n) is 17.0. The van der Waals surface area contributed by atoms with Gasteiger partial charge in [-0.1, -0.05) is 91.7 Å². The summed E-state index contributed by atoms with van der Waals surface area (Å²) in [5.41, 5.74) is 10.0. The molecule has 0 radical (unpaired) electrons. The van der Waals surface area contributed by atoms with E-state index in [1.165, 1.54) is 0 Å². The van der Waals surface area contributed by atoms with Gasteiger partial charge in [-0.25, -0.2) is 19.6 Å². The van der Waals surface area contributed by atoms with Gasteiger partial charge in [0.2, 0.25) is 12.0 Å². The van der Waals surface area contributed by atoms with Crippen LogP contribution in [-0.2, 0) is 19.1 Å². The molecule has 0 unspecified atom stereocenters. The van der Waals surface area contributed by atoms with Gasteiger partial charge in [-0.2, -0.15) is 0 Å². The highest BCUT2D eigenvalue weighted by atomic mass is 16.6. The number of aromatic amines is 2. The highest BCUT2D eigenvalue weighted by molar-refractivity contribution is 5.91. The molecule has 60 heavy (non-hydrogen) atoms. The Morgan fingerprint density at radius 2 is 1.23 bits per heavy atom. The number of nitrogens with two attached hydrogens (primary N) is 1. The van der Waals surface area contributed by atoms with E-state index in [1.807, 2.05) is 50.1 Å². The fourth-order valence-electron chi connectivity index (χ4n) is 8.90. The lowest BCUT2D eigenvalue weighted by Gasteiger charge is -2.36. The van der Waals surface area contributed by atoms with Crippen LogP contribution in [0.1, 0.15) is 108 Å². The van der Waals surface area contributed by atoms with E-state index in [-0.39, 0.29) is 23.9 Å². The van der Waals surface area contributed by atoms with Crippen molar-refractivity contribution >= 4 is 24.0 Å². The van der Waals surface area contributed by atoms with Crippen LogP contribution < -0.4 is 11.1 Å². The van der Waals surface area contributed by atoms with Crippen molar-refractivity contribution in [1.82, 2.24) is 35.1 Å². The molecule has 3 atom stereocenters. The predicted molar refractivity (Wildman–Crippen MR) is 225 cm³/mol. The molecule has 0 spiro atoms. The zero-order valence-corrected chi connectivity index (χ0v) is 34.3. The molecular weight excluding hydrogens is 761 g/mol. The molecule has 3 aliphatic rings. The Balaban J connectivity index is 0.919. The average Bonchev–Trinajstić information content (AvgIpc) is 4.09. The number of rotatable bonds is 10. The van der Waals surface area contributed by atoms with Gasteiger partial charge >= 0.3 is 12.2 Å². The van der Waals surface area contributed by atoms with Crippen molar-refractivity contribution < 1.29 is 28.7 Å². The number of likely N-dealkylation sites (tertiary alicyclic amines) is 2. The summed E-state index contributed by atoms with van der Waals surface area (Å²) in [4.78, 5) is 72.4. The number of alkyl carbamates (subject to hydrolysis) is 1. The standard InChI is InChI=1S/C46H52N8O6/c1-45(2,3)60-44(58)52-46(23-7-8-24-46)42(56)54-26-10-14-37(54)40-49-28-35(51-40)32-21-17-30(18-22-32)29-15-19-31(20-16-29)34-27-48-39(50-34)36-13-9-25-53(36)41(55)38(59-43(47)57)33-11-5-4-6-12-33/h4-6,11-12,15-22,27-28,36-38H,7-10,13-14,23-26H2,1-3H3,(H2,47,57)(H,48,50)(H,49,51)(H,52,58)/t36-,37-,38+/m0/s1. The molecule has 2 aromatic heterocycles. The fourth-order valence-corrected chi connectivity index (χ4v) is 8.90. The largest absolute Gasteiger partial charge is 0.444 e. The van der Waals surface area contributed by atoms with Crippen LogP contribution in [-0.4, -0.2) is 78.0 Å². The normalized spacial score (nSPS) is 19.2. The van der Waals surface area contributed by atoms with Gasteiger partial charge in [0.05, 0.1) is 35.9 Å². The summed E-state index contributed by atoms with van der Waals surface area (Å²) >= 11 is 0. The van der Waals surface area contributed by atoms with Gasteiger partial charge in [0.25, 0.3) is 5.91 Å². The number of carbonyl (C=O) groups is 4. The minimum atomic E-state index is -1.14. The number of aromatic nitrogens is 4. The molecular formula is C46H52N8O6. The minimum absolute atomic E-state index is 0.0620. The Labute approximate surface area is 349 Å². The molecule has 3 fully saturated rings. The zero-order valence-electron chi connectivity index (χ0n) is 34.3. The molecule has 1 aliphatic carbocycles. The summed E-state index contributed by atoms with van der Waals surface area (Å²) in [6.45, 7) is 6.57. The van der Waals surface area contributed by atoms with E-state index >= 15 is 0 Å². The molecule has 14 nitrogen and oxygen atoms in total. The maximum Gasteiger partial charge on any atom is 0.408 e. The molecule has 1 saturated carbocycles. The Kier molecular flexibility index (Phi) is 11.2. The number of H-pyrrole nitrogens is 2. The molecule has 5 aromatic rings. The van der Waals surface area contributed by atoms with Crippen LogP contribution in [0.15, 0.2) is 91.3 Å². The highest BCUT2D eigenvalue weighted by Crippen LogP contribution is 2.39. The summed E-state index contributed by atoms with van der Waals surface area (Å²) < 4.78 is 10.8. The summed E-state index contributed by atoms with van der Waals surface area (Å²) in [6, 6.07) is 24.9. The molecule has 4 heterocycles. The Morgan fingerprint density at radius 3 is 1.75 bits per heavy atom. The monoisotopic (exact) mass is 812 g/mol. The molecule has 8 rings (SSSR count). The van der Waals surface area contributed by atoms with Crippen molar-refractivity contribution in [1.29, 1.82) is 0 Å². The van der Waals surface area contributed by atoms with E-state index in [4.69, 9.17) is 20.2 Å². The summed E-state index contributed by atoms with van der Waals surface area (Å²) in [5.74, 6) is 1.01. The van der Waals surface area contributed by atoms with E-state index in [1.54, 1.807) is 35.4 Å². The zero-order chi connectivity index (χ0) is 42.0. The maximum atomic E-state index is 14.2. The van der Waals surface area contributed by atoms with Crippen molar-refractivity contribution in [2.24, 2.45) is 5.73 Å². The van der Waals surface area contributed by atoms with E-state index in [9.17, 15) is 19.2 Å². The Morgan fingerprint density at radius 1 is 0.733 bits per heavy atom. The first-order chi connectivity index (χ1) is 28.9. The van der Waals surface area contributed by atoms with Crippen molar-refractivity contribution in [2.75, 3.05) is 13.1 Å². The van der Waals surface area contributed by atoms with Crippen molar-refractivity contribution in [3.63, 3.8) is 0 Å². The molecule has 2 aliphatic heterocycles. The lowest BCUT2D eigenvalue weighted by Crippen LogP contribution is -2.58. The smallest absolute Gasteiger partial charge is 0.408 e. The van der Waals surface area contributed by atoms with Gasteiger partial charge in [0.1, 0.15) is 22.8 Å². The first kappa shape index (κ1) is 40.3. The SMILES string of the molecule is CC(C)(C)OC(=O)NC1(C(=O)N2CCC[C@H]2c2ncc(-c3ccc(-c4ccc(-c5cnc([C@@H]6CCCN6C(=O)[C@H](OC(N)=O)c6ccccc6)[nH]5)cc4)cc3)[nH]2)CCCC1. The average molecular weight is 813 g/mol.